The third-order valence-corrected chi connectivity index (χ3v) is 4.66. The Morgan fingerprint density at radius 1 is 1.18 bits per heavy atom. The van der Waals surface area contributed by atoms with E-state index in [1.165, 1.54) is 11.1 Å². The molecule has 0 aliphatic carbocycles. The van der Waals surface area contributed by atoms with Gasteiger partial charge in [0.2, 0.25) is 0 Å². The number of para-hydroxylation sites is 2. The Balaban J connectivity index is 0.00000225. The van der Waals surface area contributed by atoms with Gasteiger partial charge in [-0.25, -0.2) is 4.98 Å². The molecule has 4 rings (SSSR count). The molecule has 3 aromatic rings. The molecule has 28 heavy (non-hydrogen) atoms. The van der Waals surface area contributed by atoms with Crippen molar-refractivity contribution in [1.29, 1.82) is 0 Å². The van der Waals surface area contributed by atoms with Gasteiger partial charge in [0.25, 0.3) is 0 Å². The van der Waals surface area contributed by atoms with Gasteiger partial charge in [-0.1, -0.05) is 36.4 Å². The van der Waals surface area contributed by atoms with Crippen LogP contribution in [0.5, 0.6) is 5.75 Å². The Morgan fingerprint density at radius 2 is 2.00 bits per heavy atom. The van der Waals surface area contributed by atoms with Gasteiger partial charge in [0.15, 0.2) is 5.96 Å². The predicted molar refractivity (Wildman–Crippen MR) is 122 cm³/mol. The fourth-order valence-electron chi connectivity index (χ4n) is 3.29. The number of aromatic nitrogens is 2. The van der Waals surface area contributed by atoms with Gasteiger partial charge >= 0.3 is 0 Å². The zero-order valence-corrected chi connectivity index (χ0v) is 18.0. The number of halogens is 1. The summed E-state index contributed by atoms with van der Waals surface area (Å²) in [4.78, 5) is 8.46. The summed E-state index contributed by atoms with van der Waals surface area (Å²) in [6.45, 7) is 1.37. The van der Waals surface area contributed by atoms with Crippen LogP contribution in [0, 0.1) is 0 Å². The van der Waals surface area contributed by atoms with E-state index in [0.29, 0.717) is 13.1 Å². The summed E-state index contributed by atoms with van der Waals surface area (Å²) in [7, 11) is 1.78. The molecule has 1 aliphatic rings. The van der Waals surface area contributed by atoms with Gasteiger partial charge in [-0.3, -0.25) is 4.99 Å². The number of nitrogens with zero attached hydrogens (tertiary/aromatic N) is 3. The molecule has 2 N–H and O–H groups in total. The first-order valence-corrected chi connectivity index (χ1v) is 9.09. The van der Waals surface area contributed by atoms with Crippen molar-refractivity contribution in [2.24, 2.45) is 4.99 Å². The Hall–Kier alpha value is -2.55. The van der Waals surface area contributed by atoms with Crippen LogP contribution in [-0.2, 0) is 13.0 Å². The highest BCUT2D eigenvalue weighted by Crippen LogP contribution is 2.27. The number of hydrogen-bond donors (Lipinski definition) is 2. The molecule has 0 bridgehead atoms. The van der Waals surface area contributed by atoms with E-state index in [-0.39, 0.29) is 30.1 Å². The molecule has 1 unspecified atom stereocenters. The lowest BCUT2D eigenvalue weighted by molar-refractivity contribution is 0.235. The summed E-state index contributed by atoms with van der Waals surface area (Å²) in [5.41, 5.74) is 3.54. The van der Waals surface area contributed by atoms with Gasteiger partial charge in [0, 0.05) is 32.4 Å². The molecule has 0 radical (unpaired) electrons. The number of ether oxygens (including phenoxy) is 1. The number of aliphatic imine (C=N–C) groups is 1. The minimum absolute atomic E-state index is 0. The van der Waals surface area contributed by atoms with E-state index >= 15 is 0 Å². The number of benzene rings is 2. The molecule has 2 heterocycles. The first-order valence-electron chi connectivity index (χ1n) is 9.09. The third kappa shape index (κ3) is 4.64. The Bertz CT molecular complexity index is 901. The highest BCUT2D eigenvalue weighted by molar-refractivity contribution is 14.0. The molecule has 0 fully saturated rings. The van der Waals surface area contributed by atoms with Gasteiger partial charge in [-0.05, 0) is 23.3 Å². The van der Waals surface area contributed by atoms with Crippen molar-refractivity contribution in [2.45, 2.75) is 19.1 Å². The summed E-state index contributed by atoms with van der Waals surface area (Å²) in [5.74, 6) is 1.75. The normalized spacial score (nSPS) is 15.3. The standard InChI is InChI=1S/C21H23N5O.HI/c1-22-21(25-14-18-12-16-6-3-5-9-20(16)27-18)24-13-17-7-2-4-8-19(17)26-11-10-23-15-26;/h2-11,15,18H,12-14H2,1H3,(H2,22,24,25);1H. The average molecular weight is 489 g/mol. The average Bonchev–Trinajstić information content (AvgIpc) is 3.38. The predicted octanol–water partition coefficient (Wildman–Crippen LogP) is 3.16. The molecular formula is C21H24IN5O. The first-order chi connectivity index (χ1) is 13.3. The quantitative estimate of drug-likeness (QED) is 0.329. The molecule has 0 amide bonds. The van der Waals surface area contributed by atoms with Crippen molar-refractivity contribution < 1.29 is 4.74 Å². The molecule has 0 saturated carbocycles. The number of guanidine groups is 1. The van der Waals surface area contributed by atoms with Crippen LogP contribution in [0.3, 0.4) is 0 Å². The van der Waals surface area contributed by atoms with Crippen molar-refractivity contribution in [1.82, 2.24) is 20.2 Å². The summed E-state index contributed by atoms with van der Waals surface area (Å²) >= 11 is 0. The SMILES string of the molecule is CN=C(NCc1ccccc1-n1ccnc1)NCC1Cc2ccccc2O1.I. The van der Waals surface area contributed by atoms with Crippen LogP contribution in [0.1, 0.15) is 11.1 Å². The maximum Gasteiger partial charge on any atom is 0.191 e. The number of imidazole rings is 1. The third-order valence-electron chi connectivity index (χ3n) is 4.66. The van der Waals surface area contributed by atoms with Crippen molar-refractivity contribution in [3.8, 4) is 11.4 Å². The highest BCUT2D eigenvalue weighted by atomic mass is 127. The van der Waals surface area contributed by atoms with Crippen LogP contribution in [0.25, 0.3) is 5.69 Å². The fourth-order valence-corrected chi connectivity index (χ4v) is 3.29. The lowest BCUT2D eigenvalue weighted by Crippen LogP contribution is -2.42. The van der Waals surface area contributed by atoms with Crippen LogP contribution in [-0.4, -0.2) is 35.2 Å². The largest absolute Gasteiger partial charge is 0.488 e. The minimum atomic E-state index is 0. The number of fused-ring (bicyclic) bond motifs is 1. The topological polar surface area (TPSA) is 63.5 Å². The smallest absolute Gasteiger partial charge is 0.191 e. The van der Waals surface area contributed by atoms with Gasteiger partial charge in [-0.15, -0.1) is 24.0 Å². The van der Waals surface area contributed by atoms with E-state index in [0.717, 1.165) is 23.8 Å². The van der Waals surface area contributed by atoms with Crippen LogP contribution < -0.4 is 15.4 Å². The minimum Gasteiger partial charge on any atom is -0.488 e. The summed E-state index contributed by atoms with van der Waals surface area (Å²) in [6.07, 6.45) is 6.58. The molecule has 1 aliphatic heterocycles. The van der Waals surface area contributed by atoms with Crippen molar-refractivity contribution in [3.05, 3.63) is 78.4 Å². The van der Waals surface area contributed by atoms with Gasteiger partial charge in [0.1, 0.15) is 11.9 Å². The second-order valence-corrected chi connectivity index (χ2v) is 6.46. The molecule has 0 spiro atoms. The highest BCUT2D eigenvalue weighted by Gasteiger charge is 2.22. The molecule has 146 valence electrons. The van der Waals surface area contributed by atoms with Crippen LogP contribution >= 0.6 is 24.0 Å². The zero-order valence-electron chi connectivity index (χ0n) is 15.7. The van der Waals surface area contributed by atoms with Crippen molar-refractivity contribution >= 4 is 29.9 Å². The van der Waals surface area contributed by atoms with Gasteiger partial charge in [-0.2, -0.15) is 0 Å². The van der Waals surface area contributed by atoms with E-state index in [9.17, 15) is 0 Å². The van der Waals surface area contributed by atoms with Crippen LogP contribution in [0.15, 0.2) is 72.2 Å². The number of nitrogens with one attached hydrogen (secondary N) is 2. The maximum absolute atomic E-state index is 5.98. The Morgan fingerprint density at radius 3 is 2.79 bits per heavy atom. The van der Waals surface area contributed by atoms with Gasteiger partial charge in [0.05, 0.1) is 18.6 Å². The summed E-state index contributed by atoms with van der Waals surface area (Å²) in [5, 5.41) is 6.75. The van der Waals surface area contributed by atoms with E-state index in [4.69, 9.17) is 4.74 Å². The second-order valence-electron chi connectivity index (χ2n) is 6.46. The molecule has 7 heteroatoms. The van der Waals surface area contributed by atoms with Crippen molar-refractivity contribution in [3.63, 3.8) is 0 Å². The molecule has 1 atom stereocenters. The van der Waals surface area contributed by atoms with Crippen LogP contribution in [0.4, 0.5) is 0 Å². The summed E-state index contributed by atoms with van der Waals surface area (Å²) in [6, 6.07) is 16.5. The lowest BCUT2D eigenvalue weighted by atomic mass is 10.1. The first kappa shape index (κ1) is 20.2. The maximum atomic E-state index is 5.98. The fraction of sp³-hybridized carbons (Fsp3) is 0.238. The molecular weight excluding hydrogens is 465 g/mol. The van der Waals surface area contributed by atoms with Crippen molar-refractivity contribution in [2.75, 3.05) is 13.6 Å². The number of rotatable bonds is 5. The molecule has 2 aromatic carbocycles. The summed E-state index contributed by atoms with van der Waals surface area (Å²) < 4.78 is 7.99. The van der Waals surface area contributed by atoms with Gasteiger partial charge < -0.3 is 19.9 Å². The number of hydrogen-bond acceptors (Lipinski definition) is 3. The van der Waals surface area contributed by atoms with E-state index in [1.807, 2.05) is 35.0 Å². The lowest BCUT2D eigenvalue weighted by Gasteiger charge is -2.17. The van der Waals surface area contributed by atoms with E-state index in [1.54, 1.807) is 19.6 Å². The van der Waals surface area contributed by atoms with E-state index < -0.39 is 0 Å². The zero-order chi connectivity index (χ0) is 18.5. The second kappa shape index (κ2) is 9.59. The molecule has 0 saturated heterocycles. The van der Waals surface area contributed by atoms with E-state index in [2.05, 4.69) is 44.9 Å². The Kier molecular flexibility index (Phi) is 6.91. The Labute approximate surface area is 182 Å². The molecule has 6 nitrogen and oxygen atoms in total. The van der Waals surface area contributed by atoms with Crippen LogP contribution in [0.2, 0.25) is 0 Å². The molecule has 1 aromatic heterocycles. The monoisotopic (exact) mass is 489 g/mol.